The van der Waals surface area contributed by atoms with Crippen molar-refractivity contribution in [1.29, 1.82) is 0 Å². The number of aryl methyl sites for hydroxylation is 2. The van der Waals surface area contributed by atoms with Gasteiger partial charge in [-0.15, -0.1) is 21.5 Å². The minimum Gasteiger partial charge on any atom is -0.382 e. The minimum absolute atomic E-state index is 0.151. The van der Waals surface area contributed by atoms with Gasteiger partial charge in [-0.25, -0.2) is 0 Å². The van der Waals surface area contributed by atoms with Crippen LogP contribution in [-0.2, 0) is 22.7 Å². The average Bonchev–Trinajstić information content (AvgIpc) is 3.98. The number of carbonyl (C=O) groups is 3. The van der Waals surface area contributed by atoms with Crippen LogP contribution < -0.4 is 10.6 Å². The summed E-state index contributed by atoms with van der Waals surface area (Å²) in [7, 11) is 0. The number of fused-ring (bicyclic) bond motifs is 4. The van der Waals surface area contributed by atoms with Crippen molar-refractivity contribution < 1.29 is 14.4 Å². The molecule has 0 radical (unpaired) electrons. The van der Waals surface area contributed by atoms with Crippen molar-refractivity contribution in [3.05, 3.63) is 110 Å². The number of rotatable bonds is 8. The predicted octanol–water partition coefficient (Wildman–Crippen LogP) is 5.83. The highest BCUT2D eigenvalue weighted by molar-refractivity contribution is 7.15. The Morgan fingerprint density at radius 3 is 2.60 bits per heavy atom. The number of imide groups is 1. The second-order valence-electron chi connectivity index (χ2n) is 15.4. The Bertz CT molecular complexity index is 2540. The largest absolute Gasteiger partial charge is 0.382 e. The molecule has 5 aromatic rings. The molecule has 0 bridgehead atoms. The second-order valence-corrected chi connectivity index (χ2v) is 16.9. The number of hydrogen-bond acceptors (Lipinski definition) is 10. The first-order valence-electron chi connectivity index (χ1n) is 19.8. The molecular formula is C43H43ClN10O3S. The SMILES string of the molecule is Cc1c(C#Cc2cnn(CCCN3CCC(Nc4cccc5c4CN(C4CCC(=O)NC4=O)C5=O)CC3)c2)sc2c1C(c1ccc(Cl)cc1)=N[C@@H](C)c1nnc(C)n1-2. The van der Waals surface area contributed by atoms with E-state index in [-0.39, 0.29) is 24.3 Å². The van der Waals surface area contributed by atoms with Crippen molar-refractivity contribution in [1.82, 2.24) is 39.7 Å². The van der Waals surface area contributed by atoms with Crippen LogP contribution in [0.5, 0.6) is 0 Å². The number of nitrogens with zero attached hydrogens (tertiary/aromatic N) is 8. The lowest BCUT2D eigenvalue weighted by molar-refractivity contribution is -0.136. The number of amides is 3. The van der Waals surface area contributed by atoms with Crippen LogP contribution in [0.4, 0.5) is 5.69 Å². The van der Waals surface area contributed by atoms with Gasteiger partial charge in [0.2, 0.25) is 11.8 Å². The molecule has 13 nitrogen and oxygen atoms in total. The maximum Gasteiger partial charge on any atom is 0.255 e. The highest BCUT2D eigenvalue weighted by atomic mass is 35.5. The van der Waals surface area contributed by atoms with Crippen molar-refractivity contribution in [3.8, 4) is 16.8 Å². The third-order valence-electron chi connectivity index (χ3n) is 11.6. The van der Waals surface area contributed by atoms with Gasteiger partial charge >= 0.3 is 0 Å². The molecule has 0 spiro atoms. The third-order valence-corrected chi connectivity index (χ3v) is 13.0. The minimum atomic E-state index is -0.619. The van der Waals surface area contributed by atoms with Crippen molar-refractivity contribution in [3.63, 3.8) is 0 Å². The fourth-order valence-electron chi connectivity index (χ4n) is 8.47. The second kappa shape index (κ2) is 15.6. The van der Waals surface area contributed by atoms with Crippen LogP contribution in [0.15, 0.2) is 59.9 Å². The maximum absolute atomic E-state index is 13.3. The Morgan fingerprint density at radius 1 is 1.00 bits per heavy atom. The van der Waals surface area contributed by atoms with Gasteiger partial charge in [-0.05, 0) is 82.8 Å². The van der Waals surface area contributed by atoms with Crippen molar-refractivity contribution in [2.24, 2.45) is 4.99 Å². The molecule has 7 heterocycles. The Kier molecular flexibility index (Phi) is 10.2. The fraction of sp³-hybridized carbons (Fsp3) is 0.372. The number of aliphatic imine (C=N–C) groups is 1. The van der Waals surface area contributed by atoms with Crippen LogP contribution >= 0.6 is 22.9 Å². The first-order chi connectivity index (χ1) is 28.1. The number of aromatic nitrogens is 5. The van der Waals surface area contributed by atoms with E-state index >= 15 is 0 Å². The van der Waals surface area contributed by atoms with Gasteiger partial charge in [0.25, 0.3) is 5.91 Å². The van der Waals surface area contributed by atoms with Gasteiger partial charge in [0, 0.05) is 77.8 Å². The average molecular weight is 815 g/mol. The van der Waals surface area contributed by atoms with E-state index in [9.17, 15) is 14.4 Å². The standard InChI is InChI=1S/C43H43ClN10O3S/c1-25-36(58-43-38(25)39(29-9-11-30(44)12-10-29)46-26(2)40-50-49-27(3)54(40)43)14-8-28-22-45-52(23-28)19-5-18-51-20-16-31(17-21-51)47-34-7-4-6-32-33(34)24-53(42(32)57)35-13-15-37(55)48-41(35)56/h4,6-7,9-12,22-23,26,31,35,47H,5,13,15-21,24H2,1-3H3,(H,48,55,56)/t26-,35?/m0/s1. The molecule has 4 aliphatic rings. The first-order valence-corrected chi connectivity index (χ1v) is 21.0. The Balaban J connectivity index is 0.802. The molecule has 0 saturated carbocycles. The van der Waals surface area contributed by atoms with Crippen LogP contribution in [0.1, 0.15) is 99.8 Å². The van der Waals surface area contributed by atoms with E-state index in [1.54, 1.807) is 16.2 Å². The molecule has 3 amide bonds. The van der Waals surface area contributed by atoms with E-state index in [2.05, 4.69) is 54.2 Å². The lowest BCUT2D eigenvalue weighted by Crippen LogP contribution is -2.52. The van der Waals surface area contributed by atoms with Gasteiger partial charge in [0.05, 0.1) is 22.3 Å². The third kappa shape index (κ3) is 7.23. The number of nitrogens with one attached hydrogen (secondary N) is 2. The molecule has 9 rings (SSSR count). The molecule has 2 saturated heterocycles. The maximum atomic E-state index is 13.3. The summed E-state index contributed by atoms with van der Waals surface area (Å²) in [6, 6.07) is 13.1. The van der Waals surface area contributed by atoms with Crippen molar-refractivity contribution >= 4 is 52.1 Å². The summed E-state index contributed by atoms with van der Waals surface area (Å²) in [4.78, 5) is 47.7. The molecule has 0 aliphatic carbocycles. The van der Waals surface area contributed by atoms with E-state index < -0.39 is 11.9 Å². The highest BCUT2D eigenvalue weighted by Gasteiger charge is 2.40. The highest BCUT2D eigenvalue weighted by Crippen LogP contribution is 2.39. The Labute approximate surface area is 345 Å². The molecule has 296 valence electrons. The summed E-state index contributed by atoms with van der Waals surface area (Å²) in [6.45, 7) is 10.2. The molecular weight excluding hydrogens is 772 g/mol. The number of thiophene rings is 1. The zero-order valence-corrected chi connectivity index (χ0v) is 34.2. The quantitative estimate of drug-likeness (QED) is 0.147. The zero-order valence-electron chi connectivity index (χ0n) is 32.6. The van der Waals surface area contributed by atoms with E-state index in [0.717, 1.165) is 106 Å². The fourth-order valence-corrected chi connectivity index (χ4v) is 9.82. The van der Waals surface area contributed by atoms with Gasteiger partial charge in [-0.2, -0.15) is 5.10 Å². The molecule has 3 aromatic heterocycles. The molecule has 2 fully saturated rings. The number of halogens is 1. The normalized spacial score (nSPS) is 19.5. The van der Waals surface area contributed by atoms with Crippen molar-refractivity contribution in [2.45, 2.75) is 84.1 Å². The van der Waals surface area contributed by atoms with E-state index in [1.165, 1.54) is 0 Å². The van der Waals surface area contributed by atoms with E-state index in [1.807, 2.05) is 73.4 Å². The molecule has 2 atom stereocenters. The number of benzene rings is 2. The summed E-state index contributed by atoms with van der Waals surface area (Å²) in [5.41, 5.74) is 7.38. The van der Waals surface area contributed by atoms with Crippen LogP contribution in [-0.4, -0.2) is 89.5 Å². The van der Waals surface area contributed by atoms with Gasteiger partial charge in [0.15, 0.2) is 5.82 Å². The van der Waals surface area contributed by atoms with E-state index in [0.29, 0.717) is 29.6 Å². The summed E-state index contributed by atoms with van der Waals surface area (Å²) in [5, 5.41) is 21.3. The Hall–Kier alpha value is -5.62. The lowest BCUT2D eigenvalue weighted by atomic mass is 9.99. The molecule has 15 heteroatoms. The summed E-state index contributed by atoms with van der Waals surface area (Å²) < 4.78 is 4.09. The van der Waals surface area contributed by atoms with Gasteiger partial charge in [0.1, 0.15) is 22.9 Å². The number of hydrogen-bond donors (Lipinski definition) is 2. The van der Waals surface area contributed by atoms with Crippen LogP contribution in [0.2, 0.25) is 5.02 Å². The zero-order chi connectivity index (χ0) is 40.1. The lowest BCUT2D eigenvalue weighted by Gasteiger charge is -2.33. The topological polar surface area (TPSA) is 143 Å². The number of carbonyl (C=O) groups excluding carboxylic acids is 3. The number of likely N-dealkylation sites (tertiary alicyclic amines) is 1. The molecule has 4 aliphatic heterocycles. The first kappa shape index (κ1) is 37.9. The van der Waals surface area contributed by atoms with Crippen LogP contribution in [0.25, 0.3) is 5.00 Å². The van der Waals surface area contributed by atoms with Crippen LogP contribution in [0, 0.1) is 25.7 Å². The monoisotopic (exact) mass is 814 g/mol. The smallest absolute Gasteiger partial charge is 0.255 e. The molecule has 2 N–H and O–H groups in total. The van der Waals surface area contributed by atoms with E-state index in [4.69, 9.17) is 16.6 Å². The Morgan fingerprint density at radius 2 is 1.81 bits per heavy atom. The number of anilines is 1. The predicted molar refractivity (Wildman–Crippen MR) is 223 cm³/mol. The van der Waals surface area contributed by atoms with Gasteiger partial charge in [-0.3, -0.25) is 33.9 Å². The van der Waals surface area contributed by atoms with Gasteiger partial charge in [-0.1, -0.05) is 41.6 Å². The van der Waals surface area contributed by atoms with Gasteiger partial charge < -0.3 is 15.1 Å². The molecule has 58 heavy (non-hydrogen) atoms. The number of piperidine rings is 2. The molecule has 1 unspecified atom stereocenters. The van der Waals surface area contributed by atoms with Crippen molar-refractivity contribution in [2.75, 3.05) is 25.0 Å². The summed E-state index contributed by atoms with van der Waals surface area (Å²) >= 11 is 7.88. The summed E-state index contributed by atoms with van der Waals surface area (Å²) in [6.07, 6.45) is 7.41. The molecule has 2 aromatic carbocycles. The van der Waals surface area contributed by atoms with Crippen LogP contribution in [0.3, 0.4) is 0 Å². The summed E-state index contributed by atoms with van der Waals surface area (Å²) in [5.74, 6) is 7.61.